The van der Waals surface area contributed by atoms with Gasteiger partial charge in [-0.2, -0.15) is 0 Å². The van der Waals surface area contributed by atoms with Crippen LogP contribution in [0.5, 0.6) is 0 Å². The molecule has 1 heterocycles. The average molecular weight is 223 g/mol. The number of carbonyl (C=O) groups is 1. The van der Waals surface area contributed by atoms with Crippen molar-refractivity contribution >= 4 is 23.4 Å². The predicted molar refractivity (Wildman–Crippen MR) is 61.2 cm³/mol. The molecule has 0 spiro atoms. The van der Waals surface area contributed by atoms with E-state index in [0.717, 1.165) is 16.1 Å². The van der Waals surface area contributed by atoms with Crippen molar-refractivity contribution in [2.24, 2.45) is 0 Å². The molecule has 1 aliphatic rings. The quantitative estimate of drug-likeness (QED) is 0.789. The van der Waals surface area contributed by atoms with Gasteiger partial charge in [-0.25, -0.2) is 0 Å². The van der Waals surface area contributed by atoms with E-state index in [1.165, 1.54) is 11.8 Å². The van der Waals surface area contributed by atoms with Crippen molar-refractivity contribution in [1.29, 1.82) is 0 Å². The molecular weight excluding hydrogens is 210 g/mol. The second kappa shape index (κ2) is 3.87. The van der Waals surface area contributed by atoms with Crippen LogP contribution >= 0.6 is 11.8 Å². The van der Waals surface area contributed by atoms with E-state index in [9.17, 15) is 9.90 Å². The normalized spacial score (nSPS) is 17.5. The van der Waals surface area contributed by atoms with Crippen LogP contribution in [0.2, 0.25) is 0 Å². The zero-order chi connectivity index (χ0) is 11.0. The number of fused-ring (bicyclic) bond motifs is 1. The lowest BCUT2D eigenvalue weighted by molar-refractivity contribution is -0.116. The number of carbonyl (C=O) groups excluding carboxylic acids is 1. The third kappa shape index (κ3) is 1.87. The molecule has 1 unspecified atom stereocenters. The number of anilines is 1. The smallest absolute Gasteiger partial charge is 0.237 e. The number of thioether (sulfide) groups is 1. The number of nitrogens with zero attached hydrogens (tertiary/aromatic N) is 1. The topological polar surface area (TPSA) is 40.5 Å². The summed E-state index contributed by atoms with van der Waals surface area (Å²) < 4.78 is 0. The molecule has 0 bridgehead atoms. The van der Waals surface area contributed by atoms with Gasteiger partial charge in [0.25, 0.3) is 0 Å². The molecule has 0 aliphatic carbocycles. The molecule has 1 N–H and O–H groups in total. The minimum Gasteiger partial charge on any atom is -0.389 e. The van der Waals surface area contributed by atoms with Crippen molar-refractivity contribution in [3.05, 3.63) is 23.8 Å². The van der Waals surface area contributed by atoms with E-state index >= 15 is 0 Å². The molecule has 2 rings (SSSR count). The number of amides is 1. The van der Waals surface area contributed by atoms with Crippen molar-refractivity contribution in [3.8, 4) is 0 Å². The summed E-state index contributed by atoms with van der Waals surface area (Å²) in [5.74, 6) is 0.601. The van der Waals surface area contributed by atoms with Crippen molar-refractivity contribution in [2.75, 3.05) is 17.7 Å². The van der Waals surface area contributed by atoms with Crippen LogP contribution in [-0.2, 0) is 4.79 Å². The minimum absolute atomic E-state index is 0.122. The predicted octanol–water partition coefficient (Wildman–Crippen LogP) is 1.81. The zero-order valence-corrected chi connectivity index (χ0v) is 9.54. The first-order chi connectivity index (χ1) is 7.09. The fourth-order valence-corrected chi connectivity index (χ4v) is 2.60. The maximum Gasteiger partial charge on any atom is 0.237 e. The van der Waals surface area contributed by atoms with Gasteiger partial charge in [0.2, 0.25) is 5.91 Å². The molecule has 0 fully saturated rings. The molecule has 1 amide bonds. The third-order valence-electron chi connectivity index (χ3n) is 2.55. The van der Waals surface area contributed by atoms with Gasteiger partial charge in [-0.3, -0.25) is 4.79 Å². The molecule has 4 heteroatoms. The highest BCUT2D eigenvalue weighted by atomic mass is 32.2. The van der Waals surface area contributed by atoms with E-state index in [0.29, 0.717) is 5.75 Å². The largest absolute Gasteiger partial charge is 0.389 e. The summed E-state index contributed by atoms with van der Waals surface area (Å²) in [4.78, 5) is 14.2. The monoisotopic (exact) mass is 223 g/mol. The summed E-state index contributed by atoms with van der Waals surface area (Å²) in [5, 5.41) is 9.45. The SMILES string of the molecule is CC(O)c1ccc2c(c1)SCC(=O)N2C. The average Bonchev–Trinajstić information content (AvgIpc) is 2.23. The van der Waals surface area contributed by atoms with Crippen LogP contribution in [0.1, 0.15) is 18.6 Å². The van der Waals surface area contributed by atoms with Crippen molar-refractivity contribution < 1.29 is 9.90 Å². The first-order valence-corrected chi connectivity index (χ1v) is 5.79. The van der Waals surface area contributed by atoms with Gasteiger partial charge < -0.3 is 10.0 Å². The first-order valence-electron chi connectivity index (χ1n) is 4.81. The number of aliphatic hydroxyl groups is 1. The van der Waals surface area contributed by atoms with Gasteiger partial charge in [-0.15, -0.1) is 11.8 Å². The summed E-state index contributed by atoms with van der Waals surface area (Å²) in [6.45, 7) is 1.74. The number of hydrogen-bond acceptors (Lipinski definition) is 3. The second-order valence-corrected chi connectivity index (χ2v) is 4.66. The highest BCUT2D eigenvalue weighted by molar-refractivity contribution is 8.00. The summed E-state index contributed by atoms with van der Waals surface area (Å²) in [5.41, 5.74) is 1.82. The summed E-state index contributed by atoms with van der Waals surface area (Å²) in [6.07, 6.45) is -0.459. The van der Waals surface area contributed by atoms with E-state index in [-0.39, 0.29) is 5.91 Å². The summed E-state index contributed by atoms with van der Waals surface area (Å²) in [6, 6.07) is 5.70. The highest BCUT2D eigenvalue weighted by Crippen LogP contribution is 2.36. The number of aliphatic hydroxyl groups excluding tert-OH is 1. The van der Waals surface area contributed by atoms with Crippen LogP contribution in [0.4, 0.5) is 5.69 Å². The lowest BCUT2D eigenvalue weighted by Gasteiger charge is -2.25. The van der Waals surface area contributed by atoms with Crippen LogP contribution in [0.25, 0.3) is 0 Å². The molecular formula is C11H13NO2S. The van der Waals surface area contributed by atoms with Gasteiger partial charge >= 0.3 is 0 Å². The molecule has 0 aromatic heterocycles. The maximum absolute atomic E-state index is 11.4. The lowest BCUT2D eigenvalue weighted by atomic mass is 10.1. The van der Waals surface area contributed by atoms with Crippen LogP contribution in [0.15, 0.2) is 23.1 Å². The molecule has 80 valence electrons. The number of hydrogen-bond donors (Lipinski definition) is 1. The van der Waals surface area contributed by atoms with E-state index in [1.54, 1.807) is 18.9 Å². The number of benzene rings is 1. The van der Waals surface area contributed by atoms with E-state index < -0.39 is 6.10 Å². The van der Waals surface area contributed by atoms with Gasteiger partial charge in [0.05, 0.1) is 17.5 Å². The van der Waals surface area contributed by atoms with Crippen LogP contribution in [-0.4, -0.2) is 23.8 Å². The summed E-state index contributed by atoms with van der Waals surface area (Å²) >= 11 is 1.53. The maximum atomic E-state index is 11.4. The molecule has 0 saturated heterocycles. The van der Waals surface area contributed by atoms with E-state index in [4.69, 9.17) is 0 Å². The molecule has 0 saturated carbocycles. The second-order valence-electron chi connectivity index (χ2n) is 3.64. The fraction of sp³-hybridized carbons (Fsp3) is 0.364. The Kier molecular flexibility index (Phi) is 2.71. The van der Waals surface area contributed by atoms with Gasteiger partial charge in [0.1, 0.15) is 0 Å². The van der Waals surface area contributed by atoms with Gasteiger partial charge in [0, 0.05) is 11.9 Å². The minimum atomic E-state index is -0.459. The van der Waals surface area contributed by atoms with Crippen molar-refractivity contribution in [2.45, 2.75) is 17.9 Å². The van der Waals surface area contributed by atoms with Gasteiger partial charge in [0.15, 0.2) is 0 Å². The van der Waals surface area contributed by atoms with E-state index in [1.807, 2.05) is 18.2 Å². The van der Waals surface area contributed by atoms with Crippen molar-refractivity contribution in [1.82, 2.24) is 0 Å². The molecule has 15 heavy (non-hydrogen) atoms. The van der Waals surface area contributed by atoms with Gasteiger partial charge in [-0.1, -0.05) is 6.07 Å². The summed E-state index contributed by atoms with van der Waals surface area (Å²) in [7, 11) is 1.78. The Morgan fingerprint density at radius 1 is 1.53 bits per heavy atom. The Balaban J connectivity index is 2.42. The molecule has 1 aliphatic heterocycles. The Hall–Kier alpha value is -1.00. The lowest BCUT2D eigenvalue weighted by Crippen LogP contribution is -2.31. The molecule has 1 aromatic carbocycles. The Morgan fingerprint density at radius 2 is 2.27 bits per heavy atom. The highest BCUT2D eigenvalue weighted by Gasteiger charge is 2.21. The standard InChI is InChI=1S/C11H13NO2S/c1-7(13)8-3-4-9-10(5-8)15-6-11(14)12(9)2/h3-5,7,13H,6H2,1-2H3. The Labute approximate surface area is 93.1 Å². The van der Waals surface area contributed by atoms with Crippen LogP contribution < -0.4 is 4.90 Å². The van der Waals surface area contributed by atoms with Gasteiger partial charge in [-0.05, 0) is 24.6 Å². The third-order valence-corrected chi connectivity index (χ3v) is 3.58. The fourth-order valence-electron chi connectivity index (χ4n) is 1.55. The number of rotatable bonds is 1. The zero-order valence-electron chi connectivity index (χ0n) is 8.73. The Morgan fingerprint density at radius 3 is 2.93 bits per heavy atom. The first kappa shape index (κ1) is 10.5. The molecule has 0 radical (unpaired) electrons. The molecule has 1 atom stereocenters. The van der Waals surface area contributed by atoms with Crippen LogP contribution in [0.3, 0.4) is 0 Å². The van der Waals surface area contributed by atoms with Crippen molar-refractivity contribution in [3.63, 3.8) is 0 Å². The molecule has 3 nitrogen and oxygen atoms in total. The molecule has 1 aromatic rings. The van der Waals surface area contributed by atoms with Crippen LogP contribution in [0, 0.1) is 0 Å². The Bertz CT molecular complexity index is 404. The van der Waals surface area contributed by atoms with E-state index in [2.05, 4.69) is 0 Å².